The summed E-state index contributed by atoms with van der Waals surface area (Å²) in [4.78, 5) is 29.2. The highest BCUT2D eigenvalue weighted by Gasteiger charge is 2.11. The summed E-state index contributed by atoms with van der Waals surface area (Å²) in [6.07, 6.45) is 7.61. The summed E-state index contributed by atoms with van der Waals surface area (Å²) in [7, 11) is 0. The summed E-state index contributed by atoms with van der Waals surface area (Å²) in [6, 6.07) is 0. The van der Waals surface area contributed by atoms with E-state index >= 15 is 0 Å². The normalized spacial score (nSPS) is 10.7. The van der Waals surface area contributed by atoms with Crippen molar-refractivity contribution >= 4 is 28.6 Å². The van der Waals surface area contributed by atoms with Crippen molar-refractivity contribution in [2.75, 3.05) is 6.54 Å². The molecule has 3 rings (SSSR count). The van der Waals surface area contributed by atoms with E-state index in [4.69, 9.17) is 0 Å². The second-order valence-electron chi connectivity index (χ2n) is 5.12. The molecule has 0 radical (unpaired) electrons. The van der Waals surface area contributed by atoms with Gasteiger partial charge in [0.2, 0.25) is 0 Å². The van der Waals surface area contributed by atoms with Gasteiger partial charge in [-0.25, -0.2) is 9.97 Å². The fourth-order valence-corrected chi connectivity index (χ4v) is 3.78. The summed E-state index contributed by atoms with van der Waals surface area (Å²) in [5.74, 6) is -0.127. The SMILES string of the molecule is CCCc1nc(C(=O)NCCc2csc(-c3cnccn3)n2)cs1. The molecule has 1 amide bonds. The minimum Gasteiger partial charge on any atom is -0.350 e. The van der Waals surface area contributed by atoms with Gasteiger partial charge >= 0.3 is 0 Å². The van der Waals surface area contributed by atoms with Crippen molar-refractivity contribution in [2.45, 2.75) is 26.2 Å². The Balaban J connectivity index is 1.51. The third kappa shape index (κ3) is 4.21. The van der Waals surface area contributed by atoms with Crippen LogP contribution < -0.4 is 5.32 Å². The van der Waals surface area contributed by atoms with Crippen LogP contribution in [0, 0.1) is 0 Å². The van der Waals surface area contributed by atoms with Gasteiger partial charge in [0.15, 0.2) is 0 Å². The van der Waals surface area contributed by atoms with E-state index in [-0.39, 0.29) is 5.91 Å². The molecule has 0 unspecified atom stereocenters. The zero-order valence-electron chi connectivity index (χ0n) is 13.2. The summed E-state index contributed by atoms with van der Waals surface area (Å²) in [5, 5.41) is 8.54. The topological polar surface area (TPSA) is 80.7 Å². The molecule has 24 heavy (non-hydrogen) atoms. The van der Waals surface area contributed by atoms with E-state index in [0.717, 1.165) is 34.2 Å². The number of thiazole rings is 2. The van der Waals surface area contributed by atoms with E-state index in [1.54, 1.807) is 18.6 Å². The van der Waals surface area contributed by atoms with Gasteiger partial charge in [0.1, 0.15) is 16.4 Å². The van der Waals surface area contributed by atoms with Gasteiger partial charge in [0.05, 0.1) is 16.9 Å². The van der Waals surface area contributed by atoms with Gasteiger partial charge < -0.3 is 5.32 Å². The first-order chi connectivity index (χ1) is 11.8. The Hall–Kier alpha value is -2.19. The molecule has 0 aliphatic rings. The number of carbonyl (C=O) groups excluding carboxylic acids is 1. The smallest absolute Gasteiger partial charge is 0.270 e. The Labute approximate surface area is 148 Å². The van der Waals surface area contributed by atoms with Crippen molar-refractivity contribution in [3.63, 3.8) is 0 Å². The molecule has 0 bridgehead atoms. The van der Waals surface area contributed by atoms with Gasteiger partial charge in [-0.1, -0.05) is 6.92 Å². The van der Waals surface area contributed by atoms with Gasteiger partial charge in [0.25, 0.3) is 5.91 Å². The van der Waals surface area contributed by atoms with Gasteiger partial charge in [-0.2, -0.15) is 0 Å². The summed E-state index contributed by atoms with van der Waals surface area (Å²) in [5.41, 5.74) is 2.21. The van der Waals surface area contributed by atoms with E-state index in [9.17, 15) is 4.79 Å². The lowest BCUT2D eigenvalue weighted by Gasteiger charge is -2.01. The third-order valence-corrected chi connectivity index (χ3v) is 5.07. The van der Waals surface area contributed by atoms with E-state index in [0.29, 0.717) is 18.7 Å². The third-order valence-electron chi connectivity index (χ3n) is 3.25. The monoisotopic (exact) mass is 359 g/mol. The first kappa shape index (κ1) is 16.7. The first-order valence-corrected chi connectivity index (χ1v) is 9.45. The molecule has 3 heterocycles. The molecule has 3 aromatic heterocycles. The lowest BCUT2D eigenvalue weighted by molar-refractivity contribution is 0.0949. The van der Waals surface area contributed by atoms with Crippen LogP contribution in [0.2, 0.25) is 0 Å². The van der Waals surface area contributed by atoms with Crippen molar-refractivity contribution in [1.29, 1.82) is 0 Å². The van der Waals surface area contributed by atoms with Gasteiger partial charge in [-0.15, -0.1) is 22.7 Å². The highest BCUT2D eigenvalue weighted by atomic mass is 32.1. The first-order valence-electron chi connectivity index (χ1n) is 7.69. The number of nitrogens with zero attached hydrogens (tertiary/aromatic N) is 4. The lowest BCUT2D eigenvalue weighted by atomic mass is 10.3. The molecule has 0 aromatic carbocycles. The van der Waals surface area contributed by atoms with Crippen LogP contribution in [0.4, 0.5) is 0 Å². The predicted molar refractivity (Wildman–Crippen MR) is 95.3 cm³/mol. The summed E-state index contributed by atoms with van der Waals surface area (Å²) in [6.45, 7) is 2.63. The average Bonchev–Trinajstić information content (AvgIpc) is 3.26. The molecule has 3 aromatic rings. The summed E-state index contributed by atoms with van der Waals surface area (Å²) < 4.78 is 0. The molecule has 6 nitrogen and oxygen atoms in total. The van der Waals surface area contributed by atoms with E-state index in [1.165, 1.54) is 22.7 Å². The van der Waals surface area contributed by atoms with Gasteiger partial charge in [-0.05, 0) is 12.8 Å². The Morgan fingerprint density at radius 2 is 2.08 bits per heavy atom. The number of aromatic nitrogens is 4. The maximum Gasteiger partial charge on any atom is 0.270 e. The number of aryl methyl sites for hydroxylation is 1. The Kier molecular flexibility index (Phi) is 5.60. The quantitative estimate of drug-likeness (QED) is 0.701. The Morgan fingerprint density at radius 1 is 1.17 bits per heavy atom. The number of hydrogen-bond donors (Lipinski definition) is 1. The van der Waals surface area contributed by atoms with Crippen molar-refractivity contribution in [1.82, 2.24) is 25.3 Å². The largest absolute Gasteiger partial charge is 0.350 e. The zero-order valence-corrected chi connectivity index (χ0v) is 14.9. The van der Waals surface area contributed by atoms with Crippen molar-refractivity contribution in [2.24, 2.45) is 0 Å². The van der Waals surface area contributed by atoms with Crippen LogP contribution in [0.15, 0.2) is 29.4 Å². The standard InChI is InChI=1S/C16H17N5OS2/c1-2-3-14-21-13(10-23-14)15(22)19-5-4-11-9-24-16(20-11)12-8-17-6-7-18-12/h6-10H,2-5H2,1H3,(H,19,22). The molecular weight excluding hydrogens is 342 g/mol. The molecule has 0 fully saturated rings. The van der Waals surface area contributed by atoms with Crippen LogP contribution in [-0.4, -0.2) is 32.4 Å². The number of rotatable bonds is 7. The van der Waals surface area contributed by atoms with E-state index in [2.05, 4.69) is 32.2 Å². The molecular formula is C16H17N5OS2. The number of carbonyl (C=O) groups is 1. The molecule has 1 N–H and O–H groups in total. The fraction of sp³-hybridized carbons (Fsp3) is 0.312. The van der Waals surface area contributed by atoms with Crippen LogP contribution in [0.25, 0.3) is 10.7 Å². The Morgan fingerprint density at radius 3 is 2.88 bits per heavy atom. The molecule has 0 aliphatic carbocycles. The maximum absolute atomic E-state index is 12.1. The van der Waals surface area contributed by atoms with Crippen molar-refractivity contribution < 1.29 is 4.79 Å². The van der Waals surface area contributed by atoms with Crippen LogP contribution in [0.1, 0.15) is 34.5 Å². The second-order valence-corrected chi connectivity index (χ2v) is 6.92. The lowest BCUT2D eigenvalue weighted by Crippen LogP contribution is -2.26. The molecule has 0 aliphatic heterocycles. The summed E-state index contributed by atoms with van der Waals surface area (Å²) >= 11 is 3.07. The van der Waals surface area contributed by atoms with E-state index in [1.807, 2.05) is 10.8 Å². The van der Waals surface area contributed by atoms with Crippen molar-refractivity contribution in [3.05, 3.63) is 45.7 Å². The van der Waals surface area contributed by atoms with E-state index < -0.39 is 0 Å². The van der Waals surface area contributed by atoms with Gasteiger partial charge in [0, 0.05) is 36.1 Å². The van der Waals surface area contributed by atoms with Gasteiger partial charge in [-0.3, -0.25) is 14.8 Å². The number of amides is 1. The predicted octanol–water partition coefficient (Wildman–Crippen LogP) is 2.98. The average molecular weight is 359 g/mol. The van der Waals surface area contributed by atoms with Crippen LogP contribution in [-0.2, 0) is 12.8 Å². The van der Waals surface area contributed by atoms with Crippen molar-refractivity contribution in [3.8, 4) is 10.7 Å². The van der Waals surface area contributed by atoms with Crippen LogP contribution in [0.3, 0.4) is 0 Å². The fourth-order valence-electron chi connectivity index (χ4n) is 2.09. The highest BCUT2D eigenvalue weighted by molar-refractivity contribution is 7.13. The number of nitrogens with one attached hydrogen (secondary N) is 1. The molecule has 0 saturated carbocycles. The molecule has 124 valence electrons. The maximum atomic E-state index is 12.1. The Bertz CT molecular complexity index is 800. The molecule has 8 heteroatoms. The van der Waals surface area contributed by atoms with Crippen LogP contribution in [0.5, 0.6) is 0 Å². The zero-order chi connectivity index (χ0) is 16.8. The molecule has 0 spiro atoms. The highest BCUT2D eigenvalue weighted by Crippen LogP contribution is 2.20. The minimum absolute atomic E-state index is 0.127. The molecule has 0 atom stereocenters. The second kappa shape index (κ2) is 8.07. The molecule has 0 saturated heterocycles. The number of hydrogen-bond acceptors (Lipinski definition) is 7. The van der Waals surface area contributed by atoms with Crippen LogP contribution >= 0.6 is 22.7 Å². The minimum atomic E-state index is -0.127.